The third-order valence-electron chi connectivity index (χ3n) is 6.04. The molecule has 1 amide bonds. The molecular weight excluding hydrogens is 410 g/mol. The zero-order chi connectivity index (χ0) is 21.4. The molecule has 0 saturated carbocycles. The van der Waals surface area contributed by atoms with Crippen LogP contribution in [0.1, 0.15) is 35.8 Å². The van der Waals surface area contributed by atoms with Gasteiger partial charge in [-0.05, 0) is 61.6 Å². The van der Waals surface area contributed by atoms with E-state index in [2.05, 4.69) is 28.3 Å². The standard InChI is InChI=1S/C24H25N3O3S/c1-15-3-6-22(30-15)24-26-17(14-31-24)11-23(28)27-9-7-16(8-10-27)20-13-25-21-5-4-18(29-2)12-19(20)21/h3-6,12-14,16,25H,7-11H2,1-2H3. The lowest BCUT2D eigenvalue weighted by Gasteiger charge is -2.32. The number of aryl methyl sites for hydroxylation is 1. The maximum atomic E-state index is 12.9. The Morgan fingerprint density at radius 3 is 2.87 bits per heavy atom. The first-order chi connectivity index (χ1) is 15.1. The molecule has 0 atom stereocenters. The average molecular weight is 436 g/mol. The molecule has 1 fully saturated rings. The fourth-order valence-corrected chi connectivity index (χ4v) is 5.12. The van der Waals surface area contributed by atoms with Crippen molar-refractivity contribution in [3.63, 3.8) is 0 Å². The first-order valence-corrected chi connectivity index (χ1v) is 11.4. The lowest BCUT2D eigenvalue weighted by molar-refractivity contribution is -0.131. The van der Waals surface area contributed by atoms with Gasteiger partial charge in [-0.3, -0.25) is 4.79 Å². The van der Waals surface area contributed by atoms with Crippen LogP contribution in [-0.2, 0) is 11.2 Å². The van der Waals surface area contributed by atoms with E-state index in [1.54, 1.807) is 7.11 Å². The molecule has 0 bridgehead atoms. The average Bonchev–Trinajstić information content (AvgIpc) is 3.53. The van der Waals surface area contributed by atoms with Crippen molar-refractivity contribution in [2.24, 2.45) is 0 Å². The van der Waals surface area contributed by atoms with Crippen LogP contribution >= 0.6 is 11.3 Å². The van der Waals surface area contributed by atoms with E-state index in [4.69, 9.17) is 9.15 Å². The number of H-pyrrole nitrogens is 1. The largest absolute Gasteiger partial charge is 0.497 e. The highest BCUT2D eigenvalue weighted by molar-refractivity contribution is 7.13. The van der Waals surface area contributed by atoms with Gasteiger partial charge >= 0.3 is 0 Å². The predicted molar refractivity (Wildman–Crippen MR) is 122 cm³/mol. The predicted octanol–water partition coefficient (Wildman–Crippen LogP) is 5.15. The van der Waals surface area contributed by atoms with Gasteiger partial charge in [0.1, 0.15) is 11.5 Å². The number of carbonyl (C=O) groups excluding carboxylic acids is 1. The number of fused-ring (bicyclic) bond motifs is 1. The Morgan fingerprint density at radius 2 is 2.13 bits per heavy atom. The number of nitrogens with zero attached hydrogens (tertiary/aromatic N) is 2. The number of methoxy groups -OCH3 is 1. The van der Waals surface area contributed by atoms with Gasteiger partial charge in [0.05, 0.1) is 19.2 Å². The zero-order valence-electron chi connectivity index (χ0n) is 17.7. The topological polar surface area (TPSA) is 71.4 Å². The van der Waals surface area contributed by atoms with Crippen LogP contribution in [0.15, 0.2) is 46.3 Å². The van der Waals surface area contributed by atoms with Crippen molar-refractivity contribution in [3.05, 3.63) is 58.9 Å². The number of likely N-dealkylation sites (tertiary alicyclic amines) is 1. The molecule has 31 heavy (non-hydrogen) atoms. The summed E-state index contributed by atoms with van der Waals surface area (Å²) in [6.45, 7) is 3.46. The summed E-state index contributed by atoms with van der Waals surface area (Å²) in [6.07, 6.45) is 4.37. The number of rotatable bonds is 5. The van der Waals surface area contributed by atoms with Crippen molar-refractivity contribution >= 4 is 28.1 Å². The van der Waals surface area contributed by atoms with Gasteiger partial charge in [-0.1, -0.05) is 0 Å². The molecule has 1 aromatic carbocycles. The van der Waals surface area contributed by atoms with Crippen molar-refractivity contribution in [1.82, 2.24) is 14.9 Å². The monoisotopic (exact) mass is 435 g/mol. The van der Waals surface area contributed by atoms with Crippen LogP contribution in [0.3, 0.4) is 0 Å². The number of aromatic nitrogens is 2. The van der Waals surface area contributed by atoms with Crippen LogP contribution in [0.25, 0.3) is 21.7 Å². The van der Waals surface area contributed by atoms with Crippen LogP contribution in [-0.4, -0.2) is 41.0 Å². The van der Waals surface area contributed by atoms with Crippen LogP contribution < -0.4 is 4.74 Å². The van der Waals surface area contributed by atoms with Gasteiger partial charge in [0.2, 0.25) is 5.91 Å². The van der Waals surface area contributed by atoms with Crippen molar-refractivity contribution in [2.75, 3.05) is 20.2 Å². The highest BCUT2D eigenvalue weighted by atomic mass is 32.1. The Bertz CT molecular complexity index is 1210. The van der Waals surface area contributed by atoms with Crippen LogP contribution in [0.5, 0.6) is 5.75 Å². The summed E-state index contributed by atoms with van der Waals surface area (Å²) in [4.78, 5) is 22.8. The fraction of sp³-hybridized carbons (Fsp3) is 0.333. The summed E-state index contributed by atoms with van der Waals surface area (Å²) < 4.78 is 11.0. The normalized spacial score (nSPS) is 15.0. The summed E-state index contributed by atoms with van der Waals surface area (Å²) in [5, 5.41) is 3.99. The second-order valence-corrected chi connectivity index (χ2v) is 8.90. The summed E-state index contributed by atoms with van der Waals surface area (Å²) >= 11 is 1.52. The Morgan fingerprint density at radius 1 is 1.29 bits per heavy atom. The van der Waals surface area contributed by atoms with Crippen molar-refractivity contribution in [3.8, 4) is 16.5 Å². The molecule has 0 unspecified atom stereocenters. The van der Waals surface area contributed by atoms with E-state index in [-0.39, 0.29) is 5.91 Å². The Balaban J connectivity index is 1.22. The maximum absolute atomic E-state index is 12.9. The molecule has 0 radical (unpaired) electrons. The van der Waals surface area contributed by atoms with E-state index in [1.165, 1.54) is 22.3 Å². The van der Waals surface area contributed by atoms with Crippen LogP contribution in [0.2, 0.25) is 0 Å². The van der Waals surface area contributed by atoms with E-state index in [9.17, 15) is 4.79 Å². The Hall–Kier alpha value is -3.06. The van der Waals surface area contributed by atoms with Crippen LogP contribution in [0.4, 0.5) is 0 Å². The lowest BCUT2D eigenvalue weighted by Crippen LogP contribution is -2.38. The zero-order valence-corrected chi connectivity index (χ0v) is 18.5. The highest BCUT2D eigenvalue weighted by Crippen LogP contribution is 2.35. The number of carbonyl (C=O) groups is 1. The SMILES string of the molecule is COc1ccc2[nH]cc(C3CCN(C(=O)Cc4csc(-c5ccc(C)o5)n4)CC3)c2c1. The van der Waals surface area contributed by atoms with Gasteiger partial charge in [0.25, 0.3) is 0 Å². The van der Waals surface area contributed by atoms with Gasteiger partial charge < -0.3 is 19.0 Å². The lowest BCUT2D eigenvalue weighted by atomic mass is 9.89. The van der Waals surface area contributed by atoms with E-state index in [0.717, 1.165) is 59.4 Å². The first-order valence-electron chi connectivity index (χ1n) is 10.5. The molecule has 4 aromatic rings. The summed E-state index contributed by atoms with van der Waals surface area (Å²) in [6, 6.07) is 9.97. The van der Waals surface area contributed by atoms with Crippen molar-refractivity contribution in [1.29, 1.82) is 0 Å². The van der Waals surface area contributed by atoms with Crippen molar-refractivity contribution in [2.45, 2.75) is 32.1 Å². The number of thiazole rings is 1. The highest BCUT2D eigenvalue weighted by Gasteiger charge is 2.26. The Kier molecular flexibility index (Phi) is 5.28. The molecule has 1 saturated heterocycles. The van der Waals surface area contributed by atoms with Gasteiger partial charge in [-0.2, -0.15) is 0 Å². The first kappa shape index (κ1) is 19.9. The molecule has 3 aromatic heterocycles. The van der Waals surface area contributed by atoms with Gasteiger partial charge in [-0.25, -0.2) is 4.98 Å². The minimum Gasteiger partial charge on any atom is -0.497 e. The van der Waals surface area contributed by atoms with E-state index in [0.29, 0.717) is 12.3 Å². The third kappa shape index (κ3) is 3.97. The number of aromatic amines is 1. The summed E-state index contributed by atoms with van der Waals surface area (Å²) in [5.74, 6) is 3.08. The van der Waals surface area contributed by atoms with E-state index < -0.39 is 0 Å². The van der Waals surface area contributed by atoms with Gasteiger partial charge in [-0.15, -0.1) is 11.3 Å². The van der Waals surface area contributed by atoms with Gasteiger partial charge in [0, 0.05) is 35.6 Å². The number of amides is 1. The minimum atomic E-state index is 0.145. The second kappa shape index (κ2) is 8.23. The van der Waals surface area contributed by atoms with E-state index >= 15 is 0 Å². The number of piperidine rings is 1. The quantitative estimate of drug-likeness (QED) is 0.471. The molecule has 160 valence electrons. The molecule has 0 aliphatic carbocycles. The minimum absolute atomic E-state index is 0.145. The van der Waals surface area contributed by atoms with Crippen LogP contribution in [0, 0.1) is 6.92 Å². The summed E-state index contributed by atoms with van der Waals surface area (Å²) in [7, 11) is 1.69. The molecular formula is C24H25N3O3S. The molecule has 5 rings (SSSR count). The molecule has 7 heteroatoms. The fourth-order valence-electron chi connectivity index (χ4n) is 4.34. The number of benzene rings is 1. The molecule has 4 heterocycles. The molecule has 0 spiro atoms. The Labute approximate surface area is 184 Å². The maximum Gasteiger partial charge on any atom is 0.228 e. The van der Waals surface area contributed by atoms with Crippen molar-refractivity contribution < 1.29 is 13.9 Å². The number of furan rings is 1. The number of ether oxygens (including phenoxy) is 1. The third-order valence-corrected chi connectivity index (χ3v) is 6.95. The molecule has 6 nitrogen and oxygen atoms in total. The molecule has 1 N–H and O–H groups in total. The molecule has 1 aliphatic heterocycles. The smallest absolute Gasteiger partial charge is 0.228 e. The number of nitrogens with one attached hydrogen (secondary N) is 1. The molecule has 1 aliphatic rings. The number of hydrogen-bond donors (Lipinski definition) is 1. The van der Waals surface area contributed by atoms with E-state index in [1.807, 2.05) is 35.4 Å². The second-order valence-electron chi connectivity index (χ2n) is 8.04. The summed E-state index contributed by atoms with van der Waals surface area (Å²) in [5.41, 5.74) is 3.25. The van der Waals surface area contributed by atoms with Gasteiger partial charge in [0.15, 0.2) is 10.8 Å². The number of hydrogen-bond acceptors (Lipinski definition) is 5.